The number of hydrogen-bond acceptors (Lipinski definition) is 7. The Balaban J connectivity index is 1.67. The van der Waals surface area contributed by atoms with Crippen molar-refractivity contribution in [2.24, 2.45) is 5.10 Å². The molecule has 3 aromatic carbocycles. The van der Waals surface area contributed by atoms with Gasteiger partial charge in [-0.2, -0.15) is 13.5 Å². The molecule has 3 aromatic rings. The summed E-state index contributed by atoms with van der Waals surface area (Å²) in [5.41, 5.74) is 3.40. The molecule has 0 saturated carbocycles. The third-order valence-electron chi connectivity index (χ3n) is 4.29. The zero-order valence-corrected chi connectivity index (χ0v) is 20.2. The fourth-order valence-electron chi connectivity index (χ4n) is 2.73. The highest BCUT2D eigenvalue weighted by atomic mass is 79.9. The van der Waals surface area contributed by atoms with Crippen molar-refractivity contribution in [3.05, 3.63) is 82.3 Å². The molecule has 0 fully saturated rings. The third-order valence-corrected chi connectivity index (χ3v) is 6.16. The number of amides is 1. The van der Waals surface area contributed by atoms with Gasteiger partial charge in [0.1, 0.15) is 4.90 Å². The van der Waals surface area contributed by atoms with E-state index in [4.69, 9.17) is 13.7 Å². The second-order valence-corrected chi connectivity index (χ2v) is 8.94. The summed E-state index contributed by atoms with van der Waals surface area (Å²) in [6.45, 7) is 2.27. The summed E-state index contributed by atoms with van der Waals surface area (Å²) in [6.07, 6.45) is 1.42. The van der Waals surface area contributed by atoms with Gasteiger partial charge >= 0.3 is 10.1 Å². The summed E-state index contributed by atoms with van der Waals surface area (Å²) in [6, 6.07) is 17.4. The maximum Gasteiger partial charge on any atom is 0.339 e. The first-order valence-corrected chi connectivity index (χ1v) is 12.0. The molecule has 0 saturated heterocycles. The van der Waals surface area contributed by atoms with E-state index >= 15 is 0 Å². The number of carbonyl (C=O) groups is 1. The molecule has 0 aliphatic rings. The molecule has 33 heavy (non-hydrogen) atoms. The fraction of sp³-hybridized carbons (Fsp3) is 0.130. The van der Waals surface area contributed by atoms with Gasteiger partial charge in [0.2, 0.25) is 0 Å². The molecule has 172 valence electrons. The number of hydrazone groups is 1. The van der Waals surface area contributed by atoms with Gasteiger partial charge in [-0.25, -0.2) is 5.43 Å². The quantitative estimate of drug-likeness (QED) is 0.249. The van der Waals surface area contributed by atoms with E-state index in [0.717, 1.165) is 0 Å². The summed E-state index contributed by atoms with van der Waals surface area (Å²) in [7, 11) is -2.44. The topological polar surface area (TPSA) is 103 Å². The largest absolute Gasteiger partial charge is 0.493 e. The molecule has 0 bridgehead atoms. The van der Waals surface area contributed by atoms with Crippen LogP contribution >= 0.6 is 15.9 Å². The Kier molecular flexibility index (Phi) is 8.07. The first-order chi connectivity index (χ1) is 15.8. The Hall–Kier alpha value is -3.37. The summed E-state index contributed by atoms with van der Waals surface area (Å²) in [4.78, 5) is 12.4. The van der Waals surface area contributed by atoms with Gasteiger partial charge in [-0.1, -0.05) is 18.2 Å². The number of halogens is 1. The number of nitrogens with one attached hydrogen (secondary N) is 1. The van der Waals surface area contributed by atoms with Crippen LogP contribution in [0.3, 0.4) is 0 Å². The van der Waals surface area contributed by atoms with E-state index in [9.17, 15) is 13.2 Å². The van der Waals surface area contributed by atoms with Gasteiger partial charge in [-0.3, -0.25) is 4.79 Å². The van der Waals surface area contributed by atoms with E-state index in [1.807, 2.05) is 6.92 Å². The lowest BCUT2D eigenvalue weighted by molar-refractivity contribution is 0.0954. The van der Waals surface area contributed by atoms with E-state index < -0.39 is 16.0 Å². The molecule has 0 radical (unpaired) electrons. The van der Waals surface area contributed by atoms with Crippen molar-refractivity contribution >= 4 is 38.2 Å². The van der Waals surface area contributed by atoms with E-state index in [-0.39, 0.29) is 10.6 Å². The van der Waals surface area contributed by atoms with Crippen LogP contribution < -0.4 is 19.1 Å². The van der Waals surface area contributed by atoms with Gasteiger partial charge in [0.05, 0.1) is 24.4 Å². The molecule has 0 atom stereocenters. The highest BCUT2D eigenvalue weighted by molar-refractivity contribution is 9.10. The Bertz CT molecular complexity index is 1260. The number of rotatable bonds is 9. The predicted molar refractivity (Wildman–Crippen MR) is 128 cm³/mol. The van der Waals surface area contributed by atoms with Crippen LogP contribution in [-0.4, -0.2) is 34.3 Å². The molecule has 0 aromatic heterocycles. The van der Waals surface area contributed by atoms with Gasteiger partial charge in [0.25, 0.3) is 5.91 Å². The molecule has 0 unspecified atom stereocenters. The van der Waals surface area contributed by atoms with Crippen molar-refractivity contribution in [3.63, 3.8) is 0 Å². The first-order valence-electron chi connectivity index (χ1n) is 9.77. The lowest BCUT2D eigenvalue weighted by atomic mass is 10.2. The average molecular weight is 533 g/mol. The van der Waals surface area contributed by atoms with Crippen LogP contribution in [0.2, 0.25) is 0 Å². The standard InChI is InChI=1S/C23H21BrN2O6S/c1-3-31-22-14-17(10-12-21(22)30-2)23(27)26-25-15-16-9-11-20(19(24)13-16)32-33(28,29)18-7-5-4-6-8-18/h4-15H,3H2,1-2H3,(H,26,27)/b25-15+. The SMILES string of the molecule is CCOc1cc(C(=O)N/N=C/c2ccc(OS(=O)(=O)c3ccccc3)c(Br)c2)ccc1OC. The average Bonchev–Trinajstić information content (AvgIpc) is 2.81. The number of carbonyl (C=O) groups excluding carboxylic acids is 1. The van der Waals surface area contributed by atoms with Crippen molar-refractivity contribution in [1.82, 2.24) is 5.43 Å². The van der Waals surface area contributed by atoms with Crippen LogP contribution in [0.5, 0.6) is 17.2 Å². The fourth-order valence-corrected chi connectivity index (χ4v) is 4.29. The van der Waals surface area contributed by atoms with Crippen molar-refractivity contribution in [2.45, 2.75) is 11.8 Å². The van der Waals surface area contributed by atoms with Crippen LogP contribution in [-0.2, 0) is 10.1 Å². The number of hydrogen-bond donors (Lipinski definition) is 1. The number of benzene rings is 3. The van der Waals surface area contributed by atoms with Crippen LogP contribution in [0.4, 0.5) is 0 Å². The molecule has 8 nitrogen and oxygen atoms in total. The van der Waals surface area contributed by atoms with E-state index in [1.54, 1.807) is 48.5 Å². The summed E-state index contributed by atoms with van der Waals surface area (Å²) in [5, 5.41) is 3.95. The van der Waals surface area contributed by atoms with E-state index in [2.05, 4.69) is 26.5 Å². The number of methoxy groups -OCH3 is 1. The van der Waals surface area contributed by atoms with Crippen molar-refractivity contribution in [2.75, 3.05) is 13.7 Å². The number of ether oxygens (including phenoxy) is 2. The highest BCUT2D eigenvalue weighted by Crippen LogP contribution is 2.29. The molecule has 0 spiro atoms. The summed E-state index contributed by atoms with van der Waals surface area (Å²) >= 11 is 3.30. The summed E-state index contributed by atoms with van der Waals surface area (Å²) in [5.74, 6) is 0.685. The Labute approximate surface area is 200 Å². The highest BCUT2D eigenvalue weighted by Gasteiger charge is 2.17. The van der Waals surface area contributed by atoms with Crippen molar-refractivity contribution < 1.29 is 26.9 Å². The van der Waals surface area contributed by atoms with Crippen LogP contribution in [0, 0.1) is 0 Å². The zero-order valence-electron chi connectivity index (χ0n) is 17.8. The Morgan fingerprint density at radius 3 is 2.42 bits per heavy atom. The van der Waals surface area contributed by atoms with Crippen LogP contribution in [0.15, 0.2) is 81.2 Å². The molecule has 3 rings (SSSR count). The normalized spacial score (nSPS) is 11.2. The van der Waals surface area contributed by atoms with Gasteiger partial charge in [0.15, 0.2) is 17.2 Å². The maximum atomic E-state index is 12.4. The molecule has 0 aliphatic heterocycles. The monoisotopic (exact) mass is 532 g/mol. The second kappa shape index (κ2) is 11.0. The summed E-state index contributed by atoms with van der Waals surface area (Å²) < 4.78 is 41.1. The van der Waals surface area contributed by atoms with Crippen LogP contribution in [0.1, 0.15) is 22.8 Å². The smallest absolute Gasteiger partial charge is 0.339 e. The molecule has 10 heteroatoms. The van der Waals surface area contributed by atoms with E-state index in [0.29, 0.717) is 33.7 Å². The van der Waals surface area contributed by atoms with Gasteiger partial charge in [-0.05, 0) is 76.9 Å². The number of nitrogens with zero attached hydrogens (tertiary/aromatic N) is 1. The first kappa shape index (κ1) is 24.3. The Morgan fingerprint density at radius 2 is 1.76 bits per heavy atom. The molecular formula is C23H21BrN2O6S. The van der Waals surface area contributed by atoms with Gasteiger partial charge in [0, 0.05) is 5.56 Å². The van der Waals surface area contributed by atoms with Crippen LogP contribution in [0.25, 0.3) is 0 Å². The predicted octanol–water partition coefficient (Wildman–Crippen LogP) is 4.39. The van der Waals surface area contributed by atoms with Gasteiger partial charge in [-0.15, -0.1) is 0 Å². The second-order valence-electron chi connectivity index (χ2n) is 6.54. The molecule has 0 heterocycles. The Morgan fingerprint density at radius 1 is 1.03 bits per heavy atom. The maximum absolute atomic E-state index is 12.4. The van der Waals surface area contributed by atoms with Gasteiger partial charge < -0.3 is 13.7 Å². The van der Waals surface area contributed by atoms with E-state index in [1.165, 1.54) is 31.5 Å². The molecule has 1 amide bonds. The lowest BCUT2D eigenvalue weighted by Crippen LogP contribution is -2.17. The minimum absolute atomic E-state index is 0.0521. The van der Waals surface area contributed by atoms with Crippen molar-refractivity contribution in [3.8, 4) is 17.2 Å². The molecular weight excluding hydrogens is 512 g/mol. The molecule has 1 N–H and O–H groups in total. The molecule has 0 aliphatic carbocycles. The van der Waals surface area contributed by atoms with Crippen molar-refractivity contribution in [1.29, 1.82) is 0 Å². The third kappa shape index (κ3) is 6.33. The minimum atomic E-state index is -3.96. The zero-order chi connectivity index (χ0) is 23.8. The minimum Gasteiger partial charge on any atom is -0.493 e. The lowest BCUT2D eigenvalue weighted by Gasteiger charge is -2.10.